The summed E-state index contributed by atoms with van der Waals surface area (Å²) in [5, 5.41) is 9.80. The molecule has 0 saturated carbocycles. The van der Waals surface area contributed by atoms with Crippen LogP contribution in [-0.4, -0.2) is 41.8 Å². The fourth-order valence-electron chi connectivity index (χ4n) is 4.72. The smallest absolute Gasteiger partial charge is 0.410 e. The van der Waals surface area contributed by atoms with Crippen molar-refractivity contribution in [2.45, 2.75) is 44.6 Å². The molecule has 0 spiro atoms. The fraction of sp³-hybridized carbons (Fsp3) is 0.310. The van der Waals surface area contributed by atoms with Crippen LogP contribution in [-0.2, 0) is 16.0 Å². The normalized spacial score (nSPS) is 13.3. The SMILES string of the molecule is CC(C)c1cccc(CCC(C(=O)O)N(C)C(=O)OCC2c3ccccc3-c3ccccc32)c1. The van der Waals surface area contributed by atoms with Gasteiger partial charge in [0, 0.05) is 13.0 Å². The summed E-state index contributed by atoms with van der Waals surface area (Å²) in [6.45, 7) is 4.42. The maximum Gasteiger partial charge on any atom is 0.410 e. The fourth-order valence-corrected chi connectivity index (χ4v) is 4.72. The Morgan fingerprint density at radius 2 is 1.56 bits per heavy atom. The van der Waals surface area contributed by atoms with Crippen molar-refractivity contribution < 1.29 is 19.4 Å². The van der Waals surface area contributed by atoms with Crippen LogP contribution in [0.25, 0.3) is 11.1 Å². The lowest BCUT2D eigenvalue weighted by molar-refractivity contribution is -0.142. The third kappa shape index (κ3) is 4.84. The van der Waals surface area contributed by atoms with Crippen molar-refractivity contribution in [3.05, 3.63) is 95.1 Å². The highest BCUT2D eigenvalue weighted by molar-refractivity contribution is 5.81. The molecule has 1 N–H and O–H groups in total. The average Bonchev–Trinajstić information content (AvgIpc) is 3.16. The second-order valence-electron chi connectivity index (χ2n) is 9.21. The molecule has 3 aromatic carbocycles. The number of likely N-dealkylation sites (N-methyl/N-ethyl adjacent to an activating group) is 1. The predicted molar refractivity (Wildman–Crippen MR) is 133 cm³/mol. The van der Waals surface area contributed by atoms with Crippen molar-refractivity contribution in [2.24, 2.45) is 0 Å². The number of carbonyl (C=O) groups is 2. The summed E-state index contributed by atoms with van der Waals surface area (Å²) in [5.74, 6) is -0.693. The predicted octanol–water partition coefficient (Wildman–Crippen LogP) is 6.08. The summed E-state index contributed by atoms with van der Waals surface area (Å²) in [5.41, 5.74) is 6.84. The molecule has 5 heteroatoms. The maximum absolute atomic E-state index is 12.9. The first-order chi connectivity index (χ1) is 16.4. The number of hydrogen-bond acceptors (Lipinski definition) is 3. The summed E-state index contributed by atoms with van der Waals surface area (Å²) in [7, 11) is 1.50. The molecular formula is C29H31NO4. The summed E-state index contributed by atoms with van der Waals surface area (Å²) in [6.07, 6.45) is 0.265. The van der Waals surface area contributed by atoms with Crippen LogP contribution in [0.4, 0.5) is 4.79 Å². The van der Waals surface area contributed by atoms with Crippen LogP contribution in [0.15, 0.2) is 72.8 Å². The first-order valence-electron chi connectivity index (χ1n) is 11.8. The van der Waals surface area contributed by atoms with Gasteiger partial charge >= 0.3 is 12.1 Å². The lowest BCUT2D eigenvalue weighted by Gasteiger charge is -2.25. The molecule has 0 radical (unpaired) electrons. The molecule has 0 bridgehead atoms. The molecule has 1 atom stereocenters. The van der Waals surface area contributed by atoms with E-state index in [1.807, 2.05) is 36.4 Å². The van der Waals surface area contributed by atoms with E-state index in [0.29, 0.717) is 18.8 Å². The summed E-state index contributed by atoms with van der Waals surface area (Å²) in [6, 6.07) is 23.5. The van der Waals surface area contributed by atoms with Gasteiger partial charge in [-0.15, -0.1) is 0 Å². The number of fused-ring (bicyclic) bond motifs is 3. The zero-order valence-corrected chi connectivity index (χ0v) is 19.9. The van der Waals surface area contributed by atoms with Gasteiger partial charge in [0.2, 0.25) is 0 Å². The lowest BCUT2D eigenvalue weighted by atomic mass is 9.97. The number of ether oxygens (including phenoxy) is 1. The number of hydrogen-bond donors (Lipinski definition) is 1. The highest BCUT2D eigenvalue weighted by Gasteiger charge is 2.31. The van der Waals surface area contributed by atoms with E-state index in [1.54, 1.807) is 0 Å². The van der Waals surface area contributed by atoms with Gasteiger partial charge in [0.15, 0.2) is 0 Å². The molecule has 176 valence electrons. The minimum Gasteiger partial charge on any atom is -0.480 e. The van der Waals surface area contributed by atoms with E-state index in [0.717, 1.165) is 27.8 Å². The molecule has 5 nitrogen and oxygen atoms in total. The van der Waals surface area contributed by atoms with E-state index >= 15 is 0 Å². The summed E-state index contributed by atoms with van der Waals surface area (Å²) < 4.78 is 5.66. The Labute approximate surface area is 201 Å². The van der Waals surface area contributed by atoms with E-state index in [1.165, 1.54) is 17.5 Å². The van der Waals surface area contributed by atoms with Gasteiger partial charge in [-0.2, -0.15) is 0 Å². The molecular weight excluding hydrogens is 426 g/mol. The van der Waals surface area contributed by atoms with Crippen molar-refractivity contribution in [3.63, 3.8) is 0 Å². The zero-order valence-electron chi connectivity index (χ0n) is 19.9. The molecule has 1 amide bonds. The van der Waals surface area contributed by atoms with Gasteiger partial charge in [-0.25, -0.2) is 9.59 Å². The number of aliphatic carboxylic acids is 1. The van der Waals surface area contributed by atoms with Crippen molar-refractivity contribution >= 4 is 12.1 Å². The van der Waals surface area contributed by atoms with Gasteiger partial charge in [-0.1, -0.05) is 86.6 Å². The monoisotopic (exact) mass is 457 g/mol. The van der Waals surface area contributed by atoms with Crippen molar-refractivity contribution in [3.8, 4) is 11.1 Å². The van der Waals surface area contributed by atoms with Crippen LogP contribution in [0.1, 0.15) is 54.4 Å². The number of benzene rings is 3. The Hall–Kier alpha value is -3.60. The number of rotatable bonds is 8. The third-order valence-corrected chi connectivity index (χ3v) is 6.70. The minimum absolute atomic E-state index is 0.0631. The van der Waals surface area contributed by atoms with Crippen molar-refractivity contribution in [1.82, 2.24) is 4.90 Å². The van der Waals surface area contributed by atoms with Gasteiger partial charge in [0.1, 0.15) is 12.6 Å². The Morgan fingerprint density at radius 3 is 2.15 bits per heavy atom. The first kappa shape index (κ1) is 23.6. The highest BCUT2D eigenvalue weighted by Crippen LogP contribution is 2.44. The molecule has 1 aliphatic carbocycles. The molecule has 1 aliphatic rings. The molecule has 34 heavy (non-hydrogen) atoms. The lowest BCUT2D eigenvalue weighted by Crippen LogP contribution is -2.43. The zero-order chi connectivity index (χ0) is 24.2. The van der Waals surface area contributed by atoms with Crippen LogP contribution in [0.2, 0.25) is 0 Å². The van der Waals surface area contributed by atoms with Gasteiger partial charge in [-0.05, 0) is 52.1 Å². The van der Waals surface area contributed by atoms with Crippen LogP contribution < -0.4 is 0 Å². The maximum atomic E-state index is 12.9. The molecule has 1 unspecified atom stereocenters. The van der Waals surface area contributed by atoms with Crippen molar-refractivity contribution in [1.29, 1.82) is 0 Å². The highest BCUT2D eigenvalue weighted by atomic mass is 16.6. The largest absolute Gasteiger partial charge is 0.480 e. The second-order valence-corrected chi connectivity index (χ2v) is 9.21. The average molecular weight is 458 g/mol. The van der Waals surface area contributed by atoms with E-state index in [4.69, 9.17) is 4.74 Å². The molecule has 4 rings (SSSR count). The minimum atomic E-state index is -1.03. The van der Waals surface area contributed by atoms with Gasteiger partial charge in [0.05, 0.1) is 0 Å². The van der Waals surface area contributed by atoms with Crippen LogP contribution >= 0.6 is 0 Å². The Morgan fingerprint density at radius 1 is 0.941 bits per heavy atom. The van der Waals surface area contributed by atoms with Crippen LogP contribution in [0, 0.1) is 0 Å². The van der Waals surface area contributed by atoms with Gasteiger partial charge in [0.25, 0.3) is 0 Å². The Balaban J connectivity index is 1.42. The molecule has 0 fully saturated rings. The first-order valence-corrected chi connectivity index (χ1v) is 11.8. The third-order valence-electron chi connectivity index (χ3n) is 6.70. The van der Waals surface area contributed by atoms with E-state index in [2.05, 4.69) is 50.2 Å². The number of carboxylic acid groups (broad SMARTS) is 1. The van der Waals surface area contributed by atoms with Gasteiger partial charge in [-0.3, -0.25) is 4.90 Å². The quantitative estimate of drug-likeness (QED) is 0.445. The number of carbonyl (C=O) groups excluding carboxylic acids is 1. The number of aryl methyl sites for hydroxylation is 1. The van der Waals surface area contributed by atoms with Crippen LogP contribution in [0.5, 0.6) is 0 Å². The molecule has 3 aromatic rings. The van der Waals surface area contributed by atoms with Crippen molar-refractivity contribution in [2.75, 3.05) is 13.7 Å². The summed E-state index contributed by atoms with van der Waals surface area (Å²) >= 11 is 0. The Bertz CT molecular complexity index is 1140. The van der Waals surface area contributed by atoms with E-state index < -0.39 is 18.1 Å². The topological polar surface area (TPSA) is 66.8 Å². The summed E-state index contributed by atoms with van der Waals surface area (Å²) in [4.78, 5) is 26.1. The molecule has 0 aliphatic heterocycles. The van der Waals surface area contributed by atoms with E-state index in [9.17, 15) is 14.7 Å². The van der Waals surface area contributed by atoms with Crippen LogP contribution in [0.3, 0.4) is 0 Å². The Kier molecular flexibility index (Phi) is 7.01. The molecule has 0 aromatic heterocycles. The standard InChI is InChI=1S/C29H31NO4/c1-19(2)21-10-8-9-20(17-21)15-16-27(28(31)32)30(3)29(33)34-18-26-24-13-6-4-11-22(24)23-12-5-7-14-25(23)26/h4-14,17,19,26-27H,15-16,18H2,1-3H3,(H,31,32). The van der Waals surface area contributed by atoms with E-state index in [-0.39, 0.29) is 12.5 Å². The van der Waals surface area contributed by atoms with Gasteiger partial charge < -0.3 is 9.84 Å². The molecule has 0 heterocycles. The number of amides is 1. The number of carboxylic acids is 1. The molecule has 0 saturated heterocycles. The number of nitrogens with zero attached hydrogens (tertiary/aromatic N) is 1. The second kappa shape index (κ2) is 10.1.